The maximum atomic E-state index is 11.7. The normalized spacial score (nSPS) is 15.2. The van der Waals surface area contributed by atoms with Crippen LogP contribution in [0.4, 0.5) is 0 Å². The standard InChI is InChI=1S/C12H22N2O/c1-6-8-9(7-2)14-11(15)10(13)12(3,4)5/h1,9-10H,7-8,13H2,2-5H3,(H,14,15). The number of amides is 1. The first-order valence-corrected chi connectivity index (χ1v) is 5.32. The Morgan fingerprint density at radius 2 is 2.07 bits per heavy atom. The molecule has 3 nitrogen and oxygen atoms in total. The van der Waals surface area contributed by atoms with Gasteiger partial charge in [0.2, 0.25) is 5.91 Å². The van der Waals surface area contributed by atoms with Crippen LogP contribution in [-0.4, -0.2) is 18.0 Å². The molecule has 86 valence electrons. The molecule has 0 aliphatic rings. The van der Waals surface area contributed by atoms with Gasteiger partial charge in [-0.3, -0.25) is 4.79 Å². The lowest BCUT2D eigenvalue weighted by atomic mass is 9.86. The Morgan fingerprint density at radius 1 is 1.53 bits per heavy atom. The molecule has 0 heterocycles. The number of terminal acetylenes is 1. The number of nitrogens with two attached hydrogens (primary N) is 1. The first-order valence-electron chi connectivity index (χ1n) is 5.32. The minimum Gasteiger partial charge on any atom is -0.351 e. The molecule has 2 unspecified atom stereocenters. The Bertz CT molecular complexity index is 247. The molecule has 0 spiro atoms. The molecule has 0 saturated carbocycles. The van der Waals surface area contributed by atoms with E-state index in [0.29, 0.717) is 6.42 Å². The minimum atomic E-state index is -0.496. The van der Waals surface area contributed by atoms with Crippen molar-refractivity contribution in [3.63, 3.8) is 0 Å². The van der Waals surface area contributed by atoms with Gasteiger partial charge in [0, 0.05) is 12.5 Å². The van der Waals surface area contributed by atoms with Crippen LogP contribution in [-0.2, 0) is 4.79 Å². The van der Waals surface area contributed by atoms with Crippen LogP contribution in [0.25, 0.3) is 0 Å². The first kappa shape index (κ1) is 14.0. The molecule has 0 aliphatic carbocycles. The zero-order valence-electron chi connectivity index (χ0n) is 10.1. The Labute approximate surface area is 92.8 Å². The van der Waals surface area contributed by atoms with E-state index in [1.54, 1.807) is 0 Å². The molecule has 2 atom stereocenters. The van der Waals surface area contributed by atoms with Crippen molar-refractivity contribution in [2.45, 2.75) is 52.6 Å². The summed E-state index contributed by atoms with van der Waals surface area (Å²) in [4.78, 5) is 11.7. The second-order valence-electron chi connectivity index (χ2n) is 4.87. The highest BCUT2D eigenvalue weighted by Gasteiger charge is 2.28. The summed E-state index contributed by atoms with van der Waals surface area (Å²) >= 11 is 0. The van der Waals surface area contributed by atoms with Gasteiger partial charge in [0.05, 0.1) is 6.04 Å². The maximum absolute atomic E-state index is 11.7. The topological polar surface area (TPSA) is 55.1 Å². The van der Waals surface area contributed by atoms with Gasteiger partial charge in [0.25, 0.3) is 0 Å². The van der Waals surface area contributed by atoms with Crippen molar-refractivity contribution in [1.82, 2.24) is 5.32 Å². The summed E-state index contributed by atoms with van der Waals surface area (Å²) < 4.78 is 0. The van der Waals surface area contributed by atoms with Crippen LogP contribution in [0.15, 0.2) is 0 Å². The lowest BCUT2D eigenvalue weighted by molar-refractivity contribution is -0.125. The zero-order valence-corrected chi connectivity index (χ0v) is 10.1. The van der Waals surface area contributed by atoms with Crippen molar-refractivity contribution in [2.75, 3.05) is 0 Å². The van der Waals surface area contributed by atoms with Gasteiger partial charge in [0.1, 0.15) is 0 Å². The predicted octanol–water partition coefficient (Wildman–Crippen LogP) is 1.28. The van der Waals surface area contributed by atoms with Gasteiger partial charge in [-0.25, -0.2) is 0 Å². The van der Waals surface area contributed by atoms with E-state index in [9.17, 15) is 4.79 Å². The summed E-state index contributed by atoms with van der Waals surface area (Å²) in [5.41, 5.74) is 5.61. The molecule has 0 aromatic rings. The zero-order chi connectivity index (χ0) is 12.1. The maximum Gasteiger partial charge on any atom is 0.237 e. The van der Waals surface area contributed by atoms with E-state index in [1.807, 2.05) is 27.7 Å². The molecule has 0 aromatic carbocycles. The highest BCUT2D eigenvalue weighted by Crippen LogP contribution is 2.17. The Morgan fingerprint density at radius 3 is 2.40 bits per heavy atom. The van der Waals surface area contributed by atoms with Crippen molar-refractivity contribution >= 4 is 5.91 Å². The monoisotopic (exact) mass is 210 g/mol. The summed E-state index contributed by atoms with van der Waals surface area (Å²) in [6, 6.07) is -0.458. The molecule has 0 rings (SSSR count). The number of hydrogen-bond acceptors (Lipinski definition) is 2. The van der Waals surface area contributed by atoms with Crippen molar-refractivity contribution in [3.05, 3.63) is 0 Å². The van der Waals surface area contributed by atoms with Crippen molar-refractivity contribution in [2.24, 2.45) is 11.1 Å². The van der Waals surface area contributed by atoms with E-state index < -0.39 is 6.04 Å². The largest absolute Gasteiger partial charge is 0.351 e. The molecule has 0 aliphatic heterocycles. The molecule has 15 heavy (non-hydrogen) atoms. The van der Waals surface area contributed by atoms with Crippen LogP contribution >= 0.6 is 0 Å². The SMILES string of the molecule is C#CCC(CC)NC(=O)C(N)C(C)(C)C. The molecule has 3 heteroatoms. The molecule has 0 fully saturated rings. The Hall–Kier alpha value is -1.01. The summed E-state index contributed by atoms with van der Waals surface area (Å²) in [7, 11) is 0. The molecular weight excluding hydrogens is 188 g/mol. The van der Waals surface area contributed by atoms with Gasteiger partial charge in [-0.1, -0.05) is 27.7 Å². The fourth-order valence-corrected chi connectivity index (χ4v) is 1.12. The number of carbonyl (C=O) groups is 1. The van der Waals surface area contributed by atoms with E-state index in [0.717, 1.165) is 6.42 Å². The highest BCUT2D eigenvalue weighted by atomic mass is 16.2. The second kappa shape index (κ2) is 5.77. The molecule has 0 bridgehead atoms. The van der Waals surface area contributed by atoms with Crippen LogP contribution in [0.3, 0.4) is 0 Å². The third kappa shape index (κ3) is 4.85. The smallest absolute Gasteiger partial charge is 0.237 e. The lowest BCUT2D eigenvalue weighted by Crippen LogP contribution is -2.51. The summed E-state index contributed by atoms with van der Waals surface area (Å²) in [6.45, 7) is 7.82. The van der Waals surface area contributed by atoms with E-state index in [-0.39, 0.29) is 17.4 Å². The molecule has 0 aromatic heterocycles. The number of carbonyl (C=O) groups excluding carboxylic acids is 1. The van der Waals surface area contributed by atoms with E-state index in [1.165, 1.54) is 0 Å². The van der Waals surface area contributed by atoms with Gasteiger partial charge in [0.15, 0.2) is 0 Å². The first-order chi connectivity index (χ1) is 6.82. The fraction of sp³-hybridized carbons (Fsp3) is 0.750. The molecule has 3 N–H and O–H groups in total. The Kier molecular flexibility index (Phi) is 5.38. The molecule has 0 radical (unpaired) electrons. The van der Waals surface area contributed by atoms with Crippen molar-refractivity contribution in [1.29, 1.82) is 0 Å². The highest BCUT2D eigenvalue weighted by molar-refractivity contribution is 5.82. The summed E-state index contributed by atoms with van der Waals surface area (Å²) in [5.74, 6) is 2.43. The second-order valence-corrected chi connectivity index (χ2v) is 4.87. The number of hydrogen-bond donors (Lipinski definition) is 2. The van der Waals surface area contributed by atoms with Crippen LogP contribution in [0, 0.1) is 17.8 Å². The van der Waals surface area contributed by atoms with Gasteiger partial charge < -0.3 is 11.1 Å². The average molecular weight is 210 g/mol. The molecule has 1 amide bonds. The molecule has 0 saturated heterocycles. The summed E-state index contributed by atoms with van der Waals surface area (Å²) in [5, 5.41) is 2.87. The summed E-state index contributed by atoms with van der Waals surface area (Å²) in [6.07, 6.45) is 6.59. The van der Waals surface area contributed by atoms with E-state index in [4.69, 9.17) is 12.2 Å². The van der Waals surface area contributed by atoms with Crippen molar-refractivity contribution < 1.29 is 4.79 Å². The molecular formula is C12H22N2O. The minimum absolute atomic E-state index is 0.0379. The van der Waals surface area contributed by atoms with Crippen LogP contribution in [0.5, 0.6) is 0 Å². The van der Waals surface area contributed by atoms with Gasteiger partial charge in [-0.05, 0) is 11.8 Å². The third-order valence-corrected chi connectivity index (χ3v) is 2.42. The quantitative estimate of drug-likeness (QED) is 0.687. The predicted molar refractivity (Wildman–Crippen MR) is 63.1 cm³/mol. The van der Waals surface area contributed by atoms with Crippen LogP contribution < -0.4 is 11.1 Å². The Balaban J connectivity index is 4.30. The fourth-order valence-electron chi connectivity index (χ4n) is 1.12. The third-order valence-electron chi connectivity index (χ3n) is 2.42. The average Bonchev–Trinajstić information content (AvgIpc) is 2.14. The number of rotatable bonds is 4. The van der Waals surface area contributed by atoms with Gasteiger partial charge >= 0.3 is 0 Å². The van der Waals surface area contributed by atoms with E-state index >= 15 is 0 Å². The van der Waals surface area contributed by atoms with E-state index in [2.05, 4.69) is 11.2 Å². The lowest BCUT2D eigenvalue weighted by Gasteiger charge is -2.27. The number of nitrogens with one attached hydrogen (secondary N) is 1. The van der Waals surface area contributed by atoms with Crippen LogP contribution in [0.2, 0.25) is 0 Å². The van der Waals surface area contributed by atoms with Crippen LogP contribution in [0.1, 0.15) is 40.5 Å². The van der Waals surface area contributed by atoms with Crippen molar-refractivity contribution in [3.8, 4) is 12.3 Å². The van der Waals surface area contributed by atoms with Gasteiger partial charge in [-0.2, -0.15) is 0 Å². The van der Waals surface area contributed by atoms with Gasteiger partial charge in [-0.15, -0.1) is 12.3 Å².